The standard InChI is InChI=1S/C21H23ClN4OS/c1-6-11-25-16(5)23-24-21(25)28-15(4)20(27)19-12-13(2)26(14(19)3)18-9-7-17(22)8-10-18/h6-10,12,15H,1,11H2,2-5H3/t15-/m1/s1. The van der Waals surface area contributed by atoms with Crippen molar-refractivity contribution in [1.29, 1.82) is 0 Å². The first kappa shape index (κ1) is 20.4. The highest BCUT2D eigenvalue weighted by Crippen LogP contribution is 2.28. The van der Waals surface area contributed by atoms with Gasteiger partial charge >= 0.3 is 0 Å². The predicted octanol–water partition coefficient (Wildman–Crippen LogP) is 5.20. The first-order valence-corrected chi connectivity index (χ1v) is 10.3. The third-order valence-electron chi connectivity index (χ3n) is 4.65. The Morgan fingerprint density at radius 2 is 1.93 bits per heavy atom. The Morgan fingerprint density at radius 1 is 1.25 bits per heavy atom. The second-order valence-electron chi connectivity index (χ2n) is 6.65. The van der Waals surface area contributed by atoms with Gasteiger partial charge in [0, 0.05) is 34.2 Å². The van der Waals surface area contributed by atoms with Crippen LogP contribution in [-0.4, -0.2) is 30.4 Å². The Balaban J connectivity index is 1.87. The lowest BCUT2D eigenvalue weighted by atomic mass is 10.1. The van der Waals surface area contributed by atoms with Gasteiger partial charge in [0.1, 0.15) is 5.82 Å². The first-order chi connectivity index (χ1) is 13.3. The summed E-state index contributed by atoms with van der Waals surface area (Å²) in [6.45, 7) is 12.2. The summed E-state index contributed by atoms with van der Waals surface area (Å²) in [7, 11) is 0. The summed E-state index contributed by atoms with van der Waals surface area (Å²) in [5.41, 5.74) is 3.63. The molecule has 0 fully saturated rings. The summed E-state index contributed by atoms with van der Waals surface area (Å²) < 4.78 is 4.03. The van der Waals surface area contributed by atoms with Crippen LogP contribution in [0.5, 0.6) is 0 Å². The van der Waals surface area contributed by atoms with Gasteiger partial charge < -0.3 is 9.13 Å². The molecule has 0 amide bonds. The molecule has 0 unspecified atom stereocenters. The van der Waals surface area contributed by atoms with E-state index < -0.39 is 0 Å². The van der Waals surface area contributed by atoms with Gasteiger partial charge in [-0.05, 0) is 58.0 Å². The molecule has 0 radical (unpaired) electrons. The monoisotopic (exact) mass is 414 g/mol. The molecule has 1 aromatic carbocycles. The smallest absolute Gasteiger partial charge is 0.192 e. The molecule has 2 aromatic heterocycles. The summed E-state index contributed by atoms with van der Waals surface area (Å²) in [6.07, 6.45) is 1.80. The molecule has 1 atom stereocenters. The summed E-state index contributed by atoms with van der Waals surface area (Å²) in [6, 6.07) is 9.56. The highest BCUT2D eigenvalue weighted by molar-refractivity contribution is 8.00. The Morgan fingerprint density at radius 3 is 2.57 bits per heavy atom. The maximum atomic E-state index is 13.2. The summed E-state index contributed by atoms with van der Waals surface area (Å²) in [5.74, 6) is 0.882. The predicted molar refractivity (Wildman–Crippen MR) is 115 cm³/mol. The molecule has 0 aliphatic heterocycles. The number of thioether (sulfide) groups is 1. The largest absolute Gasteiger partial charge is 0.318 e. The van der Waals surface area contributed by atoms with E-state index in [4.69, 9.17) is 11.6 Å². The molecule has 7 heteroatoms. The van der Waals surface area contributed by atoms with Crippen LogP contribution in [0.4, 0.5) is 0 Å². The zero-order valence-corrected chi connectivity index (χ0v) is 18.0. The number of hydrogen-bond acceptors (Lipinski definition) is 4. The number of aryl methyl sites for hydroxylation is 2. The maximum Gasteiger partial charge on any atom is 0.192 e. The molecular weight excluding hydrogens is 392 g/mol. The zero-order chi connectivity index (χ0) is 20.4. The maximum absolute atomic E-state index is 13.2. The van der Waals surface area contributed by atoms with Gasteiger partial charge in [-0.3, -0.25) is 4.79 Å². The number of hydrogen-bond donors (Lipinski definition) is 0. The lowest BCUT2D eigenvalue weighted by Gasteiger charge is -2.12. The van der Waals surface area contributed by atoms with E-state index in [1.807, 2.05) is 62.6 Å². The number of halogens is 1. The lowest BCUT2D eigenvalue weighted by Crippen LogP contribution is -2.16. The van der Waals surface area contributed by atoms with Gasteiger partial charge in [-0.25, -0.2) is 0 Å². The van der Waals surface area contributed by atoms with Gasteiger partial charge in [0.2, 0.25) is 0 Å². The third-order valence-corrected chi connectivity index (χ3v) is 5.98. The van der Waals surface area contributed by atoms with E-state index in [1.165, 1.54) is 11.8 Å². The van der Waals surface area contributed by atoms with E-state index in [0.29, 0.717) is 11.6 Å². The van der Waals surface area contributed by atoms with Crippen LogP contribution in [0.15, 0.2) is 48.1 Å². The number of nitrogens with zero attached hydrogens (tertiary/aromatic N) is 4. The fraction of sp³-hybridized carbons (Fsp3) is 0.286. The van der Waals surface area contributed by atoms with Crippen LogP contribution in [0.3, 0.4) is 0 Å². The zero-order valence-electron chi connectivity index (χ0n) is 16.4. The van der Waals surface area contributed by atoms with Crippen molar-refractivity contribution in [3.63, 3.8) is 0 Å². The fourth-order valence-electron chi connectivity index (χ4n) is 3.22. The fourth-order valence-corrected chi connectivity index (χ4v) is 4.32. The Bertz CT molecular complexity index is 1020. The topological polar surface area (TPSA) is 52.7 Å². The van der Waals surface area contributed by atoms with E-state index in [0.717, 1.165) is 33.6 Å². The molecule has 0 aliphatic carbocycles. The van der Waals surface area contributed by atoms with E-state index in [-0.39, 0.29) is 11.0 Å². The Hall–Kier alpha value is -2.31. The van der Waals surface area contributed by atoms with Crippen molar-refractivity contribution in [3.05, 3.63) is 70.8 Å². The van der Waals surface area contributed by atoms with Gasteiger partial charge in [-0.2, -0.15) is 0 Å². The van der Waals surface area contributed by atoms with Gasteiger partial charge in [0.15, 0.2) is 10.9 Å². The van der Waals surface area contributed by atoms with E-state index in [2.05, 4.69) is 21.3 Å². The number of carbonyl (C=O) groups is 1. The van der Waals surface area contributed by atoms with Crippen molar-refractivity contribution in [2.75, 3.05) is 0 Å². The lowest BCUT2D eigenvalue weighted by molar-refractivity contribution is 0.0993. The van der Waals surface area contributed by atoms with E-state index in [1.54, 1.807) is 6.08 Å². The number of carbonyl (C=O) groups excluding carboxylic acids is 1. The molecule has 0 bridgehead atoms. The van der Waals surface area contributed by atoms with E-state index >= 15 is 0 Å². The van der Waals surface area contributed by atoms with Gasteiger partial charge in [0.25, 0.3) is 0 Å². The molecule has 3 aromatic rings. The molecular formula is C21H23ClN4OS. The molecule has 28 heavy (non-hydrogen) atoms. The van der Waals surface area contributed by atoms with Crippen LogP contribution in [0, 0.1) is 20.8 Å². The summed E-state index contributed by atoms with van der Waals surface area (Å²) in [4.78, 5) is 13.2. The van der Waals surface area contributed by atoms with Crippen molar-refractivity contribution in [3.8, 4) is 5.69 Å². The molecule has 5 nitrogen and oxygen atoms in total. The van der Waals surface area contributed by atoms with Gasteiger partial charge in [0.05, 0.1) is 5.25 Å². The van der Waals surface area contributed by atoms with Crippen LogP contribution in [0.2, 0.25) is 5.02 Å². The van der Waals surface area contributed by atoms with Crippen molar-refractivity contribution in [2.24, 2.45) is 0 Å². The van der Waals surface area contributed by atoms with E-state index in [9.17, 15) is 4.79 Å². The number of Topliss-reactive ketones (excluding diaryl/α,β-unsaturated/α-hetero) is 1. The number of allylic oxidation sites excluding steroid dienone is 1. The van der Waals surface area contributed by atoms with Crippen molar-refractivity contribution in [2.45, 2.75) is 44.6 Å². The molecule has 0 N–H and O–H groups in total. The molecule has 146 valence electrons. The quantitative estimate of drug-likeness (QED) is 0.303. The Labute approximate surface area is 174 Å². The average molecular weight is 415 g/mol. The second kappa shape index (κ2) is 8.37. The van der Waals surface area contributed by atoms with Crippen molar-refractivity contribution >= 4 is 29.1 Å². The minimum atomic E-state index is -0.286. The average Bonchev–Trinajstić information content (AvgIpc) is 3.15. The highest BCUT2D eigenvalue weighted by Gasteiger charge is 2.24. The van der Waals surface area contributed by atoms with Crippen LogP contribution in [-0.2, 0) is 6.54 Å². The summed E-state index contributed by atoms with van der Waals surface area (Å²) in [5, 5.41) is 9.46. The minimum absolute atomic E-state index is 0.0733. The molecule has 0 saturated carbocycles. The molecule has 0 saturated heterocycles. The minimum Gasteiger partial charge on any atom is -0.318 e. The van der Waals surface area contributed by atoms with Crippen LogP contribution in [0.25, 0.3) is 5.69 Å². The summed E-state index contributed by atoms with van der Waals surface area (Å²) >= 11 is 7.43. The highest BCUT2D eigenvalue weighted by atomic mass is 35.5. The molecule has 0 spiro atoms. The van der Waals surface area contributed by atoms with Gasteiger partial charge in [-0.1, -0.05) is 29.4 Å². The van der Waals surface area contributed by atoms with Gasteiger partial charge in [-0.15, -0.1) is 16.8 Å². The molecule has 0 aliphatic rings. The Kier molecular flexibility index (Phi) is 6.10. The van der Waals surface area contributed by atoms with Crippen molar-refractivity contribution < 1.29 is 4.79 Å². The SMILES string of the molecule is C=CCn1c(C)nnc1S[C@H](C)C(=O)c1cc(C)n(-c2ccc(Cl)cc2)c1C. The van der Waals surface area contributed by atoms with Crippen LogP contribution < -0.4 is 0 Å². The number of ketones is 1. The number of benzene rings is 1. The third kappa shape index (κ3) is 3.93. The number of aromatic nitrogens is 4. The molecule has 3 rings (SSSR count). The van der Waals surface area contributed by atoms with Crippen molar-refractivity contribution in [1.82, 2.24) is 19.3 Å². The van der Waals surface area contributed by atoms with Crippen LogP contribution in [0.1, 0.15) is 34.5 Å². The molecule has 2 heterocycles. The normalized spacial score (nSPS) is 12.2. The second-order valence-corrected chi connectivity index (χ2v) is 8.39. The van der Waals surface area contributed by atoms with Crippen LogP contribution >= 0.6 is 23.4 Å². The first-order valence-electron chi connectivity index (χ1n) is 9.00. The number of rotatable bonds is 7.